The van der Waals surface area contributed by atoms with Crippen molar-refractivity contribution >= 4 is 11.3 Å². The average Bonchev–Trinajstić information content (AvgIpc) is 2.73. The first-order valence-electron chi connectivity index (χ1n) is 6.76. The van der Waals surface area contributed by atoms with Crippen LogP contribution in [0.3, 0.4) is 0 Å². The second-order valence-corrected chi connectivity index (χ2v) is 6.44. The molecule has 1 aromatic heterocycles. The lowest BCUT2D eigenvalue weighted by molar-refractivity contribution is 0.161. The molecule has 0 spiro atoms. The quantitative estimate of drug-likeness (QED) is 0.810. The van der Waals surface area contributed by atoms with Crippen LogP contribution in [0.1, 0.15) is 35.9 Å². The van der Waals surface area contributed by atoms with E-state index in [0.717, 1.165) is 19.1 Å². The Morgan fingerprint density at radius 2 is 2.29 bits per heavy atom. The predicted molar refractivity (Wildman–Crippen MR) is 75.6 cm³/mol. The van der Waals surface area contributed by atoms with Crippen LogP contribution in [0, 0.1) is 6.92 Å². The van der Waals surface area contributed by atoms with Gasteiger partial charge < -0.3 is 5.32 Å². The molecule has 0 bridgehead atoms. The number of hydrogen-bond donors (Lipinski definition) is 1. The van der Waals surface area contributed by atoms with Crippen LogP contribution in [-0.2, 0) is 6.54 Å². The predicted octanol–water partition coefficient (Wildman–Crippen LogP) is 3.02. The number of nitrogens with one attached hydrogen (secondary N) is 1. The first-order chi connectivity index (χ1) is 8.25. The van der Waals surface area contributed by atoms with E-state index in [-0.39, 0.29) is 0 Å². The zero-order chi connectivity index (χ0) is 12.1. The summed E-state index contributed by atoms with van der Waals surface area (Å²) in [4.78, 5) is 5.48. The van der Waals surface area contributed by atoms with E-state index in [2.05, 4.69) is 36.2 Å². The van der Waals surface area contributed by atoms with Gasteiger partial charge in [0.05, 0.1) is 0 Å². The van der Waals surface area contributed by atoms with E-state index in [9.17, 15) is 0 Å². The van der Waals surface area contributed by atoms with E-state index < -0.39 is 0 Å². The molecule has 3 heteroatoms. The highest BCUT2D eigenvalue weighted by Gasteiger charge is 2.16. The second kappa shape index (κ2) is 6.53. The topological polar surface area (TPSA) is 15.3 Å². The zero-order valence-corrected chi connectivity index (χ0v) is 11.9. The molecule has 0 aromatic carbocycles. The molecule has 1 aliphatic rings. The molecule has 2 nitrogen and oxygen atoms in total. The van der Waals surface area contributed by atoms with Gasteiger partial charge in [-0.25, -0.2) is 0 Å². The number of rotatable bonds is 5. The van der Waals surface area contributed by atoms with Crippen LogP contribution < -0.4 is 5.32 Å². The largest absolute Gasteiger partial charge is 0.311 e. The molecule has 1 unspecified atom stereocenters. The summed E-state index contributed by atoms with van der Waals surface area (Å²) in [5.41, 5.74) is 0. The van der Waals surface area contributed by atoms with Crippen molar-refractivity contribution in [2.45, 2.75) is 45.7 Å². The third-order valence-corrected chi connectivity index (χ3v) is 4.61. The van der Waals surface area contributed by atoms with E-state index >= 15 is 0 Å². The Hall–Kier alpha value is -0.380. The second-order valence-electron chi connectivity index (χ2n) is 5.07. The maximum atomic E-state index is 3.55. The van der Waals surface area contributed by atoms with Gasteiger partial charge in [-0.1, -0.05) is 6.42 Å². The van der Waals surface area contributed by atoms with Crippen LogP contribution in [0.4, 0.5) is 0 Å². The highest BCUT2D eigenvalue weighted by molar-refractivity contribution is 7.11. The number of thiophene rings is 1. The Balaban J connectivity index is 1.62. The standard InChI is InChI=1S/C14H24N2S/c1-12-5-3-4-9-16(12)10-8-15-11-14-7-6-13(2)17-14/h6-7,12,15H,3-5,8-11H2,1-2H3. The molecular formula is C14H24N2S. The van der Waals surface area contributed by atoms with Crippen molar-refractivity contribution in [2.75, 3.05) is 19.6 Å². The first kappa shape index (κ1) is 13.1. The monoisotopic (exact) mass is 252 g/mol. The summed E-state index contributed by atoms with van der Waals surface area (Å²) in [6, 6.07) is 5.22. The molecule has 1 fully saturated rings. The molecule has 1 N–H and O–H groups in total. The van der Waals surface area contributed by atoms with Crippen LogP contribution >= 0.6 is 11.3 Å². The highest BCUT2D eigenvalue weighted by Crippen LogP contribution is 2.16. The van der Waals surface area contributed by atoms with Crippen LogP contribution in [0.5, 0.6) is 0 Å². The fourth-order valence-corrected chi connectivity index (χ4v) is 3.36. The fraction of sp³-hybridized carbons (Fsp3) is 0.714. The summed E-state index contributed by atoms with van der Waals surface area (Å²) < 4.78 is 0. The number of likely N-dealkylation sites (tertiary alicyclic amines) is 1. The maximum absolute atomic E-state index is 3.55. The van der Waals surface area contributed by atoms with Crippen LogP contribution in [0.2, 0.25) is 0 Å². The molecule has 0 radical (unpaired) electrons. The van der Waals surface area contributed by atoms with Gasteiger partial charge in [-0.3, -0.25) is 4.90 Å². The van der Waals surface area contributed by atoms with E-state index in [0.29, 0.717) is 0 Å². The lowest BCUT2D eigenvalue weighted by Gasteiger charge is -2.33. The van der Waals surface area contributed by atoms with E-state index in [1.165, 1.54) is 42.1 Å². The van der Waals surface area contributed by atoms with Crippen molar-refractivity contribution < 1.29 is 0 Å². The fourth-order valence-electron chi connectivity index (χ4n) is 2.50. The van der Waals surface area contributed by atoms with Crippen LogP contribution in [-0.4, -0.2) is 30.6 Å². The van der Waals surface area contributed by atoms with Gasteiger partial charge in [0, 0.05) is 35.4 Å². The Labute approximate surface area is 109 Å². The lowest BCUT2D eigenvalue weighted by Crippen LogP contribution is -2.41. The summed E-state index contributed by atoms with van der Waals surface area (Å²) in [6.07, 6.45) is 4.18. The summed E-state index contributed by atoms with van der Waals surface area (Å²) in [6.45, 7) is 9.17. The van der Waals surface area contributed by atoms with Gasteiger partial charge in [0.1, 0.15) is 0 Å². The van der Waals surface area contributed by atoms with Crippen LogP contribution in [0.15, 0.2) is 12.1 Å². The van der Waals surface area contributed by atoms with Crippen molar-refractivity contribution in [1.29, 1.82) is 0 Å². The number of piperidine rings is 1. The molecule has 0 aliphatic carbocycles. The zero-order valence-electron chi connectivity index (χ0n) is 11.0. The Morgan fingerprint density at radius 1 is 1.41 bits per heavy atom. The normalized spacial score (nSPS) is 21.9. The maximum Gasteiger partial charge on any atom is 0.0300 e. The smallest absolute Gasteiger partial charge is 0.0300 e. The van der Waals surface area contributed by atoms with Crippen molar-refractivity contribution in [1.82, 2.24) is 10.2 Å². The molecule has 96 valence electrons. The molecule has 17 heavy (non-hydrogen) atoms. The summed E-state index contributed by atoms with van der Waals surface area (Å²) >= 11 is 1.90. The third kappa shape index (κ3) is 4.09. The minimum atomic E-state index is 0.787. The average molecular weight is 252 g/mol. The number of aryl methyl sites for hydroxylation is 1. The molecule has 2 heterocycles. The van der Waals surface area contributed by atoms with Gasteiger partial charge in [0.15, 0.2) is 0 Å². The summed E-state index contributed by atoms with van der Waals surface area (Å²) in [5, 5.41) is 3.55. The van der Waals surface area contributed by atoms with Crippen molar-refractivity contribution in [3.05, 3.63) is 21.9 Å². The van der Waals surface area contributed by atoms with Gasteiger partial charge in [-0.2, -0.15) is 0 Å². The van der Waals surface area contributed by atoms with Gasteiger partial charge in [-0.15, -0.1) is 11.3 Å². The third-order valence-electron chi connectivity index (χ3n) is 3.61. The molecule has 1 aromatic rings. The van der Waals surface area contributed by atoms with Gasteiger partial charge >= 0.3 is 0 Å². The summed E-state index contributed by atoms with van der Waals surface area (Å²) in [7, 11) is 0. The van der Waals surface area contributed by atoms with Crippen molar-refractivity contribution in [2.24, 2.45) is 0 Å². The Bertz CT molecular complexity index is 335. The van der Waals surface area contributed by atoms with Gasteiger partial charge in [0.2, 0.25) is 0 Å². The van der Waals surface area contributed by atoms with Crippen molar-refractivity contribution in [3.63, 3.8) is 0 Å². The highest BCUT2D eigenvalue weighted by atomic mass is 32.1. The Morgan fingerprint density at radius 3 is 3.00 bits per heavy atom. The van der Waals surface area contributed by atoms with E-state index in [4.69, 9.17) is 0 Å². The minimum absolute atomic E-state index is 0.787. The summed E-state index contributed by atoms with van der Waals surface area (Å²) in [5.74, 6) is 0. The molecule has 1 aliphatic heterocycles. The molecule has 2 rings (SSSR count). The number of hydrogen-bond acceptors (Lipinski definition) is 3. The molecule has 1 atom stereocenters. The minimum Gasteiger partial charge on any atom is -0.311 e. The van der Waals surface area contributed by atoms with Crippen LogP contribution in [0.25, 0.3) is 0 Å². The molecular weight excluding hydrogens is 228 g/mol. The lowest BCUT2D eigenvalue weighted by atomic mass is 10.0. The molecule has 0 saturated carbocycles. The van der Waals surface area contributed by atoms with E-state index in [1.807, 2.05) is 11.3 Å². The SMILES string of the molecule is Cc1ccc(CNCCN2CCCCC2C)s1. The van der Waals surface area contributed by atoms with Crippen molar-refractivity contribution in [3.8, 4) is 0 Å². The molecule has 1 saturated heterocycles. The number of nitrogens with zero attached hydrogens (tertiary/aromatic N) is 1. The van der Waals surface area contributed by atoms with E-state index in [1.54, 1.807) is 0 Å². The Kier molecular flexibility index (Phi) is 5.01. The van der Waals surface area contributed by atoms with Gasteiger partial charge in [-0.05, 0) is 45.4 Å². The first-order valence-corrected chi connectivity index (χ1v) is 7.57. The van der Waals surface area contributed by atoms with Gasteiger partial charge in [0.25, 0.3) is 0 Å². The molecule has 0 amide bonds.